The lowest BCUT2D eigenvalue weighted by atomic mass is 10.2. The van der Waals surface area contributed by atoms with Gasteiger partial charge in [-0.25, -0.2) is 0 Å². The first-order valence-electron chi connectivity index (χ1n) is 6.02. The Hall–Kier alpha value is -1.88. The van der Waals surface area contributed by atoms with Crippen LogP contribution in [-0.4, -0.2) is 33.7 Å². The van der Waals surface area contributed by atoms with Crippen LogP contribution in [0.1, 0.15) is 22.8 Å². The van der Waals surface area contributed by atoms with E-state index < -0.39 is 0 Å². The minimum Gasteiger partial charge on any atom is -0.395 e. The highest BCUT2D eigenvalue weighted by Gasteiger charge is 2.15. The number of amides is 1. The Morgan fingerprint density at radius 1 is 1.56 bits per heavy atom. The lowest BCUT2D eigenvalue weighted by molar-refractivity contribution is 0.0946. The fraction of sp³-hybridized carbons (Fsp3) is 0.385. The zero-order valence-electron chi connectivity index (χ0n) is 10.6. The number of aliphatic hydroxyl groups is 1. The van der Waals surface area contributed by atoms with Gasteiger partial charge in [-0.1, -0.05) is 0 Å². The molecule has 0 radical (unpaired) electrons. The monoisotopic (exact) mass is 247 g/mol. The predicted octanol–water partition coefficient (Wildman–Crippen LogP) is 1.09. The van der Waals surface area contributed by atoms with E-state index in [4.69, 9.17) is 5.11 Å². The maximum Gasteiger partial charge on any atom is 0.255 e. The summed E-state index contributed by atoms with van der Waals surface area (Å²) in [5.41, 5.74) is 3.29. The second-order valence-corrected chi connectivity index (χ2v) is 4.19. The lowest BCUT2D eigenvalue weighted by Gasteiger charge is -2.01. The van der Waals surface area contributed by atoms with Gasteiger partial charge < -0.3 is 15.0 Å². The van der Waals surface area contributed by atoms with Crippen LogP contribution < -0.4 is 5.32 Å². The van der Waals surface area contributed by atoms with Crippen molar-refractivity contribution in [1.82, 2.24) is 14.9 Å². The number of fused-ring (bicyclic) bond motifs is 1. The highest BCUT2D eigenvalue weighted by Crippen LogP contribution is 2.20. The molecule has 0 aromatic carbocycles. The predicted molar refractivity (Wildman–Crippen MR) is 69.6 cm³/mol. The summed E-state index contributed by atoms with van der Waals surface area (Å²) in [6, 6.07) is 2.02. The van der Waals surface area contributed by atoms with Crippen LogP contribution in [0.2, 0.25) is 0 Å². The number of aromatic nitrogens is 2. The SMILES string of the molecule is CCn1cc(C(=O)NCCO)c2ncc(C)cc21. The maximum atomic E-state index is 12.0. The smallest absolute Gasteiger partial charge is 0.255 e. The molecule has 0 bridgehead atoms. The molecule has 5 heteroatoms. The van der Waals surface area contributed by atoms with Crippen LogP contribution in [0.25, 0.3) is 11.0 Å². The first kappa shape index (κ1) is 12.6. The minimum absolute atomic E-state index is 0.0648. The minimum atomic E-state index is -0.197. The second-order valence-electron chi connectivity index (χ2n) is 4.19. The van der Waals surface area contributed by atoms with Gasteiger partial charge in [-0.3, -0.25) is 9.78 Å². The lowest BCUT2D eigenvalue weighted by Crippen LogP contribution is -2.26. The highest BCUT2D eigenvalue weighted by atomic mass is 16.3. The number of carbonyl (C=O) groups is 1. The Balaban J connectivity index is 2.48. The van der Waals surface area contributed by atoms with E-state index in [1.807, 2.05) is 30.7 Å². The van der Waals surface area contributed by atoms with Crippen LogP contribution >= 0.6 is 0 Å². The summed E-state index contributed by atoms with van der Waals surface area (Å²) in [5.74, 6) is -0.197. The summed E-state index contributed by atoms with van der Waals surface area (Å²) < 4.78 is 2.00. The molecule has 2 aromatic heterocycles. The molecule has 0 fully saturated rings. The fourth-order valence-corrected chi connectivity index (χ4v) is 1.96. The molecular formula is C13H17N3O2. The van der Waals surface area contributed by atoms with Gasteiger partial charge in [0.2, 0.25) is 0 Å². The normalized spacial score (nSPS) is 10.8. The molecule has 0 saturated carbocycles. The zero-order valence-corrected chi connectivity index (χ0v) is 10.6. The highest BCUT2D eigenvalue weighted by molar-refractivity contribution is 6.05. The third kappa shape index (κ3) is 2.22. The Morgan fingerprint density at radius 2 is 2.33 bits per heavy atom. The van der Waals surface area contributed by atoms with Crippen molar-refractivity contribution in [2.75, 3.05) is 13.2 Å². The molecular weight excluding hydrogens is 230 g/mol. The molecule has 18 heavy (non-hydrogen) atoms. The van der Waals surface area contributed by atoms with Crippen molar-refractivity contribution in [1.29, 1.82) is 0 Å². The largest absolute Gasteiger partial charge is 0.395 e. The van der Waals surface area contributed by atoms with Crippen molar-refractivity contribution < 1.29 is 9.90 Å². The van der Waals surface area contributed by atoms with Crippen molar-refractivity contribution in [3.63, 3.8) is 0 Å². The fourth-order valence-electron chi connectivity index (χ4n) is 1.96. The average molecular weight is 247 g/mol. The van der Waals surface area contributed by atoms with Crippen molar-refractivity contribution in [3.05, 3.63) is 29.6 Å². The van der Waals surface area contributed by atoms with Crippen molar-refractivity contribution in [2.24, 2.45) is 0 Å². The molecule has 0 unspecified atom stereocenters. The third-order valence-corrected chi connectivity index (χ3v) is 2.84. The number of hydrogen-bond acceptors (Lipinski definition) is 3. The molecule has 0 atom stereocenters. The molecule has 0 spiro atoms. The quantitative estimate of drug-likeness (QED) is 0.849. The van der Waals surface area contributed by atoms with Crippen LogP contribution in [0.15, 0.2) is 18.5 Å². The van der Waals surface area contributed by atoms with Gasteiger partial charge in [0.25, 0.3) is 5.91 Å². The molecule has 2 heterocycles. The van der Waals surface area contributed by atoms with E-state index in [1.165, 1.54) is 0 Å². The van der Waals surface area contributed by atoms with E-state index in [2.05, 4.69) is 10.3 Å². The number of aryl methyl sites for hydroxylation is 2. The number of rotatable bonds is 4. The summed E-state index contributed by atoms with van der Waals surface area (Å²) in [6.07, 6.45) is 3.56. The summed E-state index contributed by atoms with van der Waals surface area (Å²) in [7, 11) is 0. The topological polar surface area (TPSA) is 67.2 Å². The summed E-state index contributed by atoms with van der Waals surface area (Å²) in [4.78, 5) is 16.3. The number of nitrogens with one attached hydrogen (secondary N) is 1. The molecule has 0 aliphatic carbocycles. The van der Waals surface area contributed by atoms with E-state index in [0.29, 0.717) is 11.1 Å². The van der Waals surface area contributed by atoms with E-state index in [-0.39, 0.29) is 19.1 Å². The second kappa shape index (κ2) is 5.18. The van der Waals surface area contributed by atoms with Gasteiger partial charge >= 0.3 is 0 Å². The number of pyridine rings is 1. The molecule has 0 aliphatic rings. The van der Waals surface area contributed by atoms with Crippen LogP contribution in [0.4, 0.5) is 0 Å². The maximum absolute atomic E-state index is 12.0. The number of nitrogens with zero attached hydrogens (tertiary/aromatic N) is 2. The first-order valence-corrected chi connectivity index (χ1v) is 6.02. The van der Waals surface area contributed by atoms with Crippen LogP contribution in [0, 0.1) is 6.92 Å². The van der Waals surface area contributed by atoms with Gasteiger partial charge in [-0.2, -0.15) is 0 Å². The number of aliphatic hydroxyl groups excluding tert-OH is 1. The van der Waals surface area contributed by atoms with Crippen LogP contribution in [0.5, 0.6) is 0 Å². The van der Waals surface area contributed by atoms with Gasteiger partial charge in [-0.15, -0.1) is 0 Å². The van der Waals surface area contributed by atoms with Gasteiger partial charge in [0, 0.05) is 25.5 Å². The molecule has 0 aliphatic heterocycles. The van der Waals surface area contributed by atoms with Crippen molar-refractivity contribution in [3.8, 4) is 0 Å². The van der Waals surface area contributed by atoms with Crippen LogP contribution in [-0.2, 0) is 6.54 Å². The van der Waals surface area contributed by atoms with E-state index in [1.54, 1.807) is 6.20 Å². The number of hydrogen-bond donors (Lipinski definition) is 2. The standard InChI is InChI=1S/C13H17N3O2/c1-3-16-8-10(13(18)14-4-5-17)12-11(16)6-9(2)7-15-12/h6-8,17H,3-5H2,1-2H3,(H,14,18). The molecule has 2 N–H and O–H groups in total. The average Bonchev–Trinajstić information content (AvgIpc) is 2.73. The van der Waals surface area contributed by atoms with E-state index in [9.17, 15) is 4.79 Å². The van der Waals surface area contributed by atoms with Gasteiger partial charge in [-0.05, 0) is 25.5 Å². The van der Waals surface area contributed by atoms with Crippen LogP contribution in [0.3, 0.4) is 0 Å². The molecule has 0 saturated heterocycles. The molecule has 2 aromatic rings. The van der Waals surface area contributed by atoms with E-state index >= 15 is 0 Å². The van der Waals surface area contributed by atoms with Gasteiger partial charge in [0.05, 0.1) is 17.7 Å². The third-order valence-electron chi connectivity index (χ3n) is 2.84. The van der Waals surface area contributed by atoms with Gasteiger partial charge in [0.15, 0.2) is 0 Å². The molecule has 2 rings (SSSR count). The van der Waals surface area contributed by atoms with Crippen molar-refractivity contribution >= 4 is 16.9 Å². The number of carbonyl (C=O) groups excluding carboxylic acids is 1. The first-order chi connectivity index (χ1) is 8.67. The summed E-state index contributed by atoms with van der Waals surface area (Å²) >= 11 is 0. The molecule has 5 nitrogen and oxygen atoms in total. The van der Waals surface area contributed by atoms with Crippen molar-refractivity contribution in [2.45, 2.75) is 20.4 Å². The summed E-state index contributed by atoms with van der Waals surface area (Å²) in [6.45, 7) is 4.98. The Labute approximate surface area is 105 Å². The Bertz CT molecular complexity index is 575. The molecule has 1 amide bonds. The van der Waals surface area contributed by atoms with Gasteiger partial charge in [0.1, 0.15) is 5.52 Å². The summed E-state index contributed by atoms with van der Waals surface area (Å²) in [5, 5.41) is 11.4. The Kier molecular flexibility index (Phi) is 3.62. The van der Waals surface area contributed by atoms with E-state index in [0.717, 1.165) is 17.6 Å². The Morgan fingerprint density at radius 3 is 3.00 bits per heavy atom. The molecule has 96 valence electrons. The zero-order chi connectivity index (χ0) is 13.1.